The molecule has 0 aromatic carbocycles. The number of rotatable bonds is 2. The molecule has 1 N–H and O–H groups in total. The quantitative estimate of drug-likeness (QED) is 0.890. The molecule has 2 heterocycles. The Kier molecular flexibility index (Phi) is 3.61. The predicted octanol–water partition coefficient (Wildman–Crippen LogP) is 3.22. The smallest absolute Gasteiger partial charge is 0.231 e. The van der Waals surface area contributed by atoms with Crippen molar-refractivity contribution < 1.29 is 4.52 Å². The summed E-state index contributed by atoms with van der Waals surface area (Å²) in [4.78, 5) is 4.69. The van der Waals surface area contributed by atoms with E-state index in [0.717, 1.165) is 24.8 Å². The maximum absolute atomic E-state index is 5.51. The highest BCUT2D eigenvalue weighted by Gasteiger charge is 2.31. The van der Waals surface area contributed by atoms with Gasteiger partial charge < -0.3 is 9.84 Å². The lowest BCUT2D eigenvalue weighted by atomic mass is 9.73. The van der Waals surface area contributed by atoms with Gasteiger partial charge in [-0.2, -0.15) is 4.98 Å². The molecular formula is C15H25N3O. The van der Waals surface area contributed by atoms with E-state index in [2.05, 4.69) is 29.3 Å². The molecule has 0 bridgehead atoms. The van der Waals surface area contributed by atoms with Crippen molar-refractivity contribution in [3.63, 3.8) is 0 Å². The zero-order valence-corrected chi connectivity index (χ0v) is 12.1. The van der Waals surface area contributed by atoms with Gasteiger partial charge in [-0.25, -0.2) is 0 Å². The van der Waals surface area contributed by atoms with E-state index in [1.54, 1.807) is 0 Å². The Balaban J connectivity index is 1.64. The summed E-state index contributed by atoms with van der Waals surface area (Å²) in [5.41, 5.74) is 0.496. The van der Waals surface area contributed by atoms with E-state index in [0.29, 0.717) is 17.3 Å². The van der Waals surface area contributed by atoms with E-state index in [-0.39, 0.29) is 0 Å². The summed E-state index contributed by atoms with van der Waals surface area (Å²) < 4.78 is 5.51. The molecule has 4 nitrogen and oxygen atoms in total. The maximum atomic E-state index is 5.51. The molecule has 1 saturated heterocycles. The number of piperidine rings is 1. The Morgan fingerprint density at radius 3 is 2.63 bits per heavy atom. The molecule has 1 atom stereocenters. The summed E-state index contributed by atoms with van der Waals surface area (Å²) in [6.07, 6.45) is 7.33. The summed E-state index contributed by atoms with van der Waals surface area (Å²) in [5, 5.41) is 7.65. The average Bonchev–Trinajstić information content (AvgIpc) is 2.89. The van der Waals surface area contributed by atoms with Gasteiger partial charge in [0.2, 0.25) is 5.89 Å². The second-order valence-electron chi connectivity index (χ2n) is 6.97. The average molecular weight is 263 g/mol. The third-order valence-electron chi connectivity index (χ3n) is 4.81. The molecule has 0 unspecified atom stereocenters. The van der Waals surface area contributed by atoms with Crippen LogP contribution in [0.15, 0.2) is 4.52 Å². The zero-order valence-electron chi connectivity index (χ0n) is 12.1. The summed E-state index contributed by atoms with van der Waals surface area (Å²) in [6.45, 7) is 6.83. The third kappa shape index (κ3) is 2.99. The normalized spacial score (nSPS) is 28.4. The van der Waals surface area contributed by atoms with Crippen LogP contribution in [0.1, 0.15) is 75.9 Å². The summed E-state index contributed by atoms with van der Waals surface area (Å²) >= 11 is 0. The monoisotopic (exact) mass is 263 g/mol. The van der Waals surface area contributed by atoms with Crippen LogP contribution in [0.2, 0.25) is 0 Å². The van der Waals surface area contributed by atoms with Crippen LogP contribution >= 0.6 is 0 Å². The van der Waals surface area contributed by atoms with Crippen molar-refractivity contribution in [2.75, 3.05) is 13.1 Å². The topological polar surface area (TPSA) is 51.0 Å². The third-order valence-corrected chi connectivity index (χ3v) is 4.81. The van der Waals surface area contributed by atoms with Crippen molar-refractivity contribution in [3.05, 3.63) is 11.7 Å². The Hall–Kier alpha value is -0.900. The highest BCUT2D eigenvalue weighted by molar-refractivity contribution is 5.02. The summed E-state index contributed by atoms with van der Waals surface area (Å²) in [6, 6.07) is 0. The number of nitrogens with one attached hydrogen (secondary N) is 1. The Morgan fingerprint density at radius 1 is 1.16 bits per heavy atom. The van der Waals surface area contributed by atoms with Crippen molar-refractivity contribution in [1.82, 2.24) is 15.5 Å². The minimum Gasteiger partial charge on any atom is -0.339 e. The van der Waals surface area contributed by atoms with Crippen LogP contribution in [0, 0.1) is 5.41 Å². The van der Waals surface area contributed by atoms with Crippen LogP contribution < -0.4 is 5.32 Å². The van der Waals surface area contributed by atoms with Crippen molar-refractivity contribution in [1.29, 1.82) is 0 Å². The van der Waals surface area contributed by atoms with Crippen LogP contribution in [0.25, 0.3) is 0 Å². The first kappa shape index (κ1) is 13.1. The van der Waals surface area contributed by atoms with E-state index < -0.39 is 0 Å². The van der Waals surface area contributed by atoms with Crippen molar-refractivity contribution in [3.8, 4) is 0 Å². The highest BCUT2D eigenvalue weighted by Crippen LogP contribution is 2.41. The van der Waals surface area contributed by atoms with Gasteiger partial charge in [-0.05, 0) is 50.5 Å². The molecular weight excluding hydrogens is 238 g/mol. The summed E-state index contributed by atoms with van der Waals surface area (Å²) in [7, 11) is 0. The molecule has 0 radical (unpaired) electrons. The molecule has 3 rings (SSSR count). The first-order valence-corrected chi connectivity index (χ1v) is 7.68. The highest BCUT2D eigenvalue weighted by atomic mass is 16.5. The number of nitrogens with zero attached hydrogens (tertiary/aromatic N) is 2. The van der Waals surface area contributed by atoms with Crippen LogP contribution in [0.5, 0.6) is 0 Å². The fourth-order valence-electron chi connectivity index (χ4n) is 3.30. The molecule has 2 fully saturated rings. The van der Waals surface area contributed by atoms with Crippen LogP contribution in [0.3, 0.4) is 0 Å². The minimum absolute atomic E-state index is 0.426. The lowest BCUT2D eigenvalue weighted by Gasteiger charge is -2.32. The van der Waals surface area contributed by atoms with Gasteiger partial charge in [0.05, 0.1) is 5.92 Å². The summed E-state index contributed by atoms with van der Waals surface area (Å²) in [5.74, 6) is 2.75. The number of aromatic nitrogens is 2. The van der Waals surface area contributed by atoms with Gasteiger partial charge in [-0.1, -0.05) is 19.0 Å². The zero-order chi connectivity index (χ0) is 13.3. The van der Waals surface area contributed by atoms with Crippen molar-refractivity contribution >= 4 is 0 Å². The van der Waals surface area contributed by atoms with Crippen LogP contribution in [-0.2, 0) is 0 Å². The van der Waals surface area contributed by atoms with Crippen LogP contribution in [-0.4, -0.2) is 23.2 Å². The molecule has 106 valence electrons. The molecule has 1 aromatic heterocycles. The lowest BCUT2D eigenvalue weighted by Crippen LogP contribution is -2.28. The Morgan fingerprint density at radius 2 is 1.95 bits per heavy atom. The van der Waals surface area contributed by atoms with E-state index in [1.807, 2.05) is 0 Å². The predicted molar refractivity (Wildman–Crippen MR) is 74.1 cm³/mol. The van der Waals surface area contributed by atoms with Crippen molar-refractivity contribution in [2.45, 2.75) is 64.2 Å². The van der Waals surface area contributed by atoms with E-state index in [9.17, 15) is 0 Å². The first-order chi connectivity index (χ1) is 9.14. The first-order valence-electron chi connectivity index (χ1n) is 7.68. The molecule has 1 saturated carbocycles. The molecule has 1 aliphatic heterocycles. The second-order valence-corrected chi connectivity index (χ2v) is 6.97. The molecule has 1 aromatic rings. The van der Waals surface area contributed by atoms with Crippen molar-refractivity contribution in [2.24, 2.45) is 5.41 Å². The van der Waals surface area contributed by atoms with Crippen LogP contribution in [0.4, 0.5) is 0 Å². The minimum atomic E-state index is 0.426. The fourth-order valence-corrected chi connectivity index (χ4v) is 3.30. The second kappa shape index (κ2) is 5.23. The standard InChI is InChI=1S/C15H25N3O/c1-15(2)7-5-11(6-8-15)13-17-14(19-18-13)12-4-3-9-16-10-12/h11-12,16H,3-10H2,1-2H3/t12-/m0/s1. The maximum Gasteiger partial charge on any atom is 0.231 e. The van der Waals surface area contributed by atoms with Gasteiger partial charge in [-0.15, -0.1) is 0 Å². The Labute approximate surface area is 115 Å². The molecule has 19 heavy (non-hydrogen) atoms. The molecule has 0 spiro atoms. The molecule has 2 aliphatic rings. The fraction of sp³-hybridized carbons (Fsp3) is 0.867. The van der Waals surface area contributed by atoms with E-state index in [1.165, 1.54) is 38.5 Å². The number of hydrogen-bond acceptors (Lipinski definition) is 4. The van der Waals surface area contributed by atoms with E-state index >= 15 is 0 Å². The Bertz CT molecular complexity index is 411. The number of hydrogen-bond donors (Lipinski definition) is 1. The van der Waals surface area contributed by atoms with Gasteiger partial charge >= 0.3 is 0 Å². The molecule has 0 amide bonds. The van der Waals surface area contributed by atoms with Gasteiger partial charge in [0.15, 0.2) is 5.82 Å². The molecule has 4 heteroatoms. The van der Waals surface area contributed by atoms with Gasteiger partial charge in [0, 0.05) is 12.5 Å². The van der Waals surface area contributed by atoms with Gasteiger partial charge in [-0.3, -0.25) is 0 Å². The SMILES string of the molecule is CC1(C)CCC(c2noc([C@H]3CCCNC3)n2)CC1. The largest absolute Gasteiger partial charge is 0.339 e. The van der Waals surface area contributed by atoms with Gasteiger partial charge in [0.1, 0.15) is 0 Å². The van der Waals surface area contributed by atoms with Gasteiger partial charge in [0.25, 0.3) is 0 Å². The lowest BCUT2D eigenvalue weighted by molar-refractivity contribution is 0.218. The van der Waals surface area contributed by atoms with E-state index in [4.69, 9.17) is 4.52 Å². The molecule has 1 aliphatic carbocycles.